The number of ether oxygens (including phenoxy) is 2. The van der Waals surface area contributed by atoms with Crippen molar-refractivity contribution in [1.82, 2.24) is 5.32 Å². The van der Waals surface area contributed by atoms with E-state index in [1.54, 1.807) is 55.6 Å². The van der Waals surface area contributed by atoms with E-state index in [1.807, 2.05) is 0 Å². The van der Waals surface area contributed by atoms with E-state index in [4.69, 9.17) is 9.47 Å². The van der Waals surface area contributed by atoms with Gasteiger partial charge in [0.25, 0.3) is 5.91 Å². The lowest BCUT2D eigenvalue weighted by Crippen LogP contribution is -2.32. The predicted octanol–water partition coefficient (Wildman–Crippen LogP) is 2.26. The Labute approximate surface area is 188 Å². The number of hydrogen-bond acceptors (Lipinski definition) is 6. The maximum atomic E-state index is 12.5. The van der Waals surface area contributed by atoms with Crippen molar-refractivity contribution >= 4 is 33.2 Å². The number of carbonyl (C=O) groups excluding carboxylic acids is 2. The van der Waals surface area contributed by atoms with Crippen LogP contribution in [0, 0.1) is 0 Å². The van der Waals surface area contributed by atoms with Crippen LogP contribution in [-0.2, 0) is 19.6 Å². The minimum absolute atomic E-state index is 0.0702. The van der Waals surface area contributed by atoms with Crippen LogP contribution in [0.4, 0.5) is 11.4 Å². The van der Waals surface area contributed by atoms with Gasteiger partial charge in [-0.3, -0.25) is 13.9 Å². The molecule has 174 valence electrons. The molecule has 10 heteroatoms. The van der Waals surface area contributed by atoms with E-state index in [0.29, 0.717) is 35.8 Å². The van der Waals surface area contributed by atoms with Gasteiger partial charge in [0.1, 0.15) is 5.75 Å². The SMILES string of the molecule is COCCNC(=O)c1ccccc1NC(=O)CCCN(c1ccccc1OC)S(C)(=O)=O. The van der Waals surface area contributed by atoms with Crippen molar-refractivity contribution in [2.75, 3.05) is 49.8 Å². The van der Waals surface area contributed by atoms with Gasteiger partial charge in [-0.05, 0) is 30.7 Å². The summed E-state index contributed by atoms with van der Waals surface area (Å²) in [6.45, 7) is 0.830. The molecule has 2 aromatic carbocycles. The number of nitrogens with zero attached hydrogens (tertiary/aromatic N) is 1. The van der Waals surface area contributed by atoms with E-state index >= 15 is 0 Å². The minimum atomic E-state index is -3.58. The Kier molecular flexibility index (Phi) is 9.48. The molecule has 0 saturated carbocycles. The Bertz CT molecular complexity index is 1030. The number of para-hydroxylation sites is 3. The number of anilines is 2. The van der Waals surface area contributed by atoms with E-state index in [0.717, 1.165) is 6.26 Å². The van der Waals surface area contributed by atoms with Gasteiger partial charge in [-0.25, -0.2) is 8.42 Å². The zero-order valence-corrected chi connectivity index (χ0v) is 19.3. The highest BCUT2D eigenvalue weighted by atomic mass is 32.2. The summed E-state index contributed by atoms with van der Waals surface area (Å²) in [4.78, 5) is 24.8. The first-order chi connectivity index (χ1) is 15.3. The van der Waals surface area contributed by atoms with Gasteiger partial charge >= 0.3 is 0 Å². The molecule has 0 aliphatic heterocycles. The number of carbonyl (C=O) groups is 2. The molecular weight excluding hydrogens is 434 g/mol. The van der Waals surface area contributed by atoms with Gasteiger partial charge in [-0.15, -0.1) is 0 Å². The van der Waals surface area contributed by atoms with Crippen molar-refractivity contribution in [3.63, 3.8) is 0 Å². The number of sulfonamides is 1. The first-order valence-corrected chi connectivity index (χ1v) is 11.9. The summed E-state index contributed by atoms with van der Waals surface area (Å²) >= 11 is 0. The van der Waals surface area contributed by atoms with Crippen LogP contribution in [0.15, 0.2) is 48.5 Å². The first kappa shape index (κ1) is 25.2. The van der Waals surface area contributed by atoms with Crippen molar-refractivity contribution in [2.24, 2.45) is 0 Å². The molecule has 0 bridgehead atoms. The monoisotopic (exact) mass is 463 g/mol. The third kappa shape index (κ3) is 7.24. The van der Waals surface area contributed by atoms with Crippen LogP contribution in [0.3, 0.4) is 0 Å². The largest absolute Gasteiger partial charge is 0.495 e. The predicted molar refractivity (Wildman–Crippen MR) is 124 cm³/mol. The molecule has 0 atom stereocenters. The number of methoxy groups -OCH3 is 2. The van der Waals surface area contributed by atoms with Gasteiger partial charge in [0.2, 0.25) is 15.9 Å². The summed E-state index contributed by atoms with van der Waals surface area (Å²) in [6.07, 6.45) is 1.46. The Morgan fingerprint density at radius 1 is 1.03 bits per heavy atom. The highest BCUT2D eigenvalue weighted by Gasteiger charge is 2.21. The van der Waals surface area contributed by atoms with Crippen LogP contribution in [0.1, 0.15) is 23.2 Å². The second-order valence-electron chi connectivity index (χ2n) is 6.95. The van der Waals surface area contributed by atoms with Crippen LogP contribution in [-0.4, -0.2) is 60.4 Å². The fourth-order valence-electron chi connectivity index (χ4n) is 3.05. The molecule has 0 aliphatic rings. The molecule has 0 aliphatic carbocycles. The molecule has 32 heavy (non-hydrogen) atoms. The summed E-state index contributed by atoms with van der Waals surface area (Å²) in [5.74, 6) is -0.219. The molecule has 2 rings (SSSR count). The van der Waals surface area contributed by atoms with Crippen LogP contribution >= 0.6 is 0 Å². The number of amides is 2. The molecule has 0 unspecified atom stereocenters. The lowest BCUT2D eigenvalue weighted by atomic mass is 10.1. The maximum Gasteiger partial charge on any atom is 0.253 e. The summed E-state index contributed by atoms with van der Waals surface area (Å²) in [6, 6.07) is 13.5. The normalized spacial score (nSPS) is 11.0. The standard InChI is InChI=1S/C22H29N3O6S/c1-30-16-14-23-22(27)17-9-4-5-10-18(17)24-21(26)13-8-15-25(32(3,28)29)19-11-6-7-12-20(19)31-2/h4-7,9-12H,8,13-16H2,1-3H3,(H,23,27)(H,24,26). The number of hydrogen-bond donors (Lipinski definition) is 2. The maximum absolute atomic E-state index is 12.5. The third-order valence-electron chi connectivity index (χ3n) is 4.56. The number of nitrogens with one attached hydrogen (secondary N) is 2. The Morgan fingerprint density at radius 3 is 2.41 bits per heavy atom. The van der Waals surface area contributed by atoms with E-state index in [2.05, 4.69) is 10.6 Å². The van der Waals surface area contributed by atoms with Crippen molar-refractivity contribution in [3.8, 4) is 5.75 Å². The smallest absolute Gasteiger partial charge is 0.253 e. The molecule has 2 N–H and O–H groups in total. The van der Waals surface area contributed by atoms with Crippen molar-refractivity contribution in [1.29, 1.82) is 0 Å². The molecule has 0 saturated heterocycles. The Morgan fingerprint density at radius 2 is 1.72 bits per heavy atom. The minimum Gasteiger partial charge on any atom is -0.495 e. The van der Waals surface area contributed by atoms with Gasteiger partial charge in [-0.1, -0.05) is 24.3 Å². The van der Waals surface area contributed by atoms with Crippen LogP contribution in [0.5, 0.6) is 5.75 Å². The molecular formula is C22H29N3O6S. The summed E-state index contributed by atoms with van der Waals surface area (Å²) in [5.41, 5.74) is 1.14. The highest BCUT2D eigenvalue weighted by Crippen LogP contribution is 2.29. The van der Waals surface area contributed by atoms with Gasteiger partial charge in [0, 0.05) is 26.6 Å². The molecule has 0 spiro atoms. The zero-order chi connectivity index (χ0) is 23.6. The van der Waals surface area contributed by atoms with E-state index in [1.165, 1.54) is 11.4 Å². The van der Waals surface area contributed by atoms with E-state index < -0.39 is 10.0 Å². The summed E-state index contributed by atoms with van der Waals surface area (Å²) in [5, 5.41) is 5.45. The fraction of sp³-hybridized carbons (Fsp3) is 0.364. The lowest BCUT2D eigenvalue weighted by Gasteiger charge is -2.24. The molecule has 9 nitrogen and oxygen atoms in total. The molecule has 0 aromatic heterocycles. The third-order valence-corrected chi connectivity index (χ3v) is 5.74. The summed E-state index contributed by atoms with van der Waals surface area (Å²) in [7, 11) is -0.569. The molecule has 2 amide bonds. The van der Waals surface area contributed by atoms with E-state index in [-0.39, 0.29) is 31.2 Å². The van der Waals surface area contributed by atoms with Crippen molar-refractivity contribution in [2.45, 2.75) is 12.8 Å². The Balaban J connectivity index is 2.01. The number of benzene rings is 2. The second kappa shape index (κ2) is 12.1. The molecule has 2 aromatic rings. The lowest BCUT2D eigenvalue weighted by molar-refractivity contribution is -0.116. The highest BCUT2D eigenvalue weighted by molar-refractivity contribution is 7.92. The zero-order valence-electron chi connectivity index (χ0n) is 18.5. The first-order valence-electron chi connectivity index (χ1n) is 10.0. The molecule has 0 radical (unpaired) electrons. The molecule has 0 heterocycles. The topological polar surface area (TPSA) is 114 Å². The fourth-order valence-corrected chi connectivity index (χ4v) is 4.02. The second-order valence-corrected chi connectivity index (χ2v) is 8.86. The quantitative estimate of drug-likeness (QED) is 0.467. The Hall–Kier alpha value is -3.11. The van der Waals surface area contributed by atoms with Gasteiger partial charge in [0.05, 0.1) is 36.9 Å². The van der Waals surface area contributed by atoms with Crippen molar-refractivity contribution in [3.05, 3.63) is 54.1 Å². The molecule has 0 fully saturated rings. The van der Waals surface area contributed by atoms with Gasteiger partial charge < -0.3 is 20.1 Å². The van der Waals surface area contributed by atoms with Gasteiger partial charge in [-0.2, -0.15) is 0 Å². The van der Waals surface area contributed by atoms with Crippen molar-refractivity contribution < 1.29 is 27.5 Å². The van der Waals surface area contributed by atoms with Gasteiger partial charge in [0.15, 0.2) is 0 Å². The average molecular weight is 464 g/mol. The van der Waals surface area contributed by atoms with Crippen LogP contribution < -0.4 is 19.7 Å². The van der Waals surface area contributed by atoms with E-state index in [9.17, 15) is 18.0 Å². The number of rotatable bonds is 12. The van der Waals surface area contributed by atoms with Crippen LogP contribution in [0.2, 0.25) is 0 Å². The summed E-state index contributed by atoms with van der Waals surface area (Å²) < 4.78 is 36.0. The van der Waals surface area contributed by atoms with Crippen LogP contribution in [0.25, 0.3) is 0 Å². The average Bonchev–Trinajstić information content (AvgIpc) is 2.76.